The first kappa shape index (κ1) is 19.8. The standard InChI is InChI=1S/C21H27N5O2S/c1-2-19(27)25-8-10-26(11-9-25)21-24-17-6-5-16(12-18(17)29-21)20(28)23-14-15-4-3-7-22-13-15/h3-4,7,13,16H,2,5-6,8-12,14H2,1H3,(H,23,28)/t16-/m1/s1. The number of carbonyl (C=O) groups excluding carboxylic acids is 2. The first-order valence-electron chi connectivity index (χ1n) is 10.3. The summed E-state index contributed by atoms with van der Waals surface area (Å²) in [7, 11) is 0. The SMILES string of the molecule is CCC(=O)N1CCN(c2nc3c(s2)C[C@H](C(=O)NCc2cccnc2)CC3)CC1. The van der Waals surface area contributed by atoms with Crippen molar-refractivity contribution in [2.75, 3.05) is 31.1 Å². The molecule has 29 heavy (non-hydrogen) atoms. The Labute approximate surface area is 175 Å². The number of hydrogen-bond acceptors (Lipinski definition) is 6. The second-order valence-corrected chi connectivity index (χ2v) is 8.67. The summed E-state index contributed by atoms with van der Waals surface area (Å²) in [5.74, 6) is 0.343. The normalized spacial score (nSPS) is 19.0. The van der Waals surface area contributed by atoms with Gasteiger partial charge in [0.25, 0.3) is 0 Å². The lowest BCUT2D eigenvalue weighted by atomic mass is 9.90. The summed E-state index contributed by atoms with van der Waals surface area (Å²) < 4.78 is 0. The van der Waals surface area contributed by atoms with Gasteiger partial charge in [0.05, 0.1) is 5.69 Å². The molecule has 2 aliphatic rings. The third kappa shape index (κ3) is 4.58. The van der Waals surface area contributed by atoms with Gasteiger partial charge in [-0.3, -0.25) is 14.6 Å². The average molecular weight is 414 g/mol. The molecule has 154 valence electrons. The lowest BCUT2D eigenvalue weighted by molar-refractivity contribution is -0.131. The molecule has 0 bridgehead atoms. The van der Waals surface area contributed by atoms with E-state index in [1.807, 2.05) is 24.0 Å². The van der Waals surface area contributed by atoms with Crippen LogP contribution in [0.25, 0.3) is 0 Å². The zero-order valence-corrected chi connectivity index (χ0v) is 17.6. The predicted molar refractivity (Wildman–Crippen MR) is 113 cm³/mol. The molecule has 0 saturated carbocycles. The molecule has 1 N–H and O–H groups in total. The van der Waals surface area contributed by atoms with Crippen LogP contribution in [0.15, 0.2) is 24.5 Å². The van der Waals surface area contributed by atoms with Gasteiger partial charge in [-0.2, -0.15) is 0 Å². The minimum atomic E-state index is 0.00601. The summed E-state index contributed by atoms with van der Waals surface area (Å²) in [6, 6.07) is 3.85. The Balaban J connectivity index is 1.33. The van der Waals surface area contributed by atoms with Crippen molar-refractivity contribution < 1.29 is 9.59 Å². The Morgan fingerprint density at radius 2 is 2.10 bits per heavy atom. The van der Waals surface area contributed by atoms with Crippen molar-refractivity contribution in [3.63, 3.8) is 0 Å². The van der Waals surface area contributed by atoms with Crippen LogP contribution in [0.4, 0.5) is 5.13 Å². The molecule has 1 aliphatic carbocycles. The average Bonchev–Trinajstić information content (AvgIpc) is 3.21. The minimum Gasteiger partial charge on any atom is -0.352 e. The third-order valence-electron chi connectivity index (χ3n) is 5.69. The van der Waals surface area contributed by atoms with E-state index in [9.17, 15) is 9.59 Å². The Morgan fingerprint density at radius 1 is 1.28 bits per heavy atom. The van der Waals surface area contributed by atoms with Gasteiger partial charge < -0.3 is 15.1 Å². The Kier molecular flexibility index (Phi) is 6.08. The maximum absolute atomic E-state index is 12.6. The quantitative estimate of drug-likeness (QED) is 0.811. The van der Waals surface area contributed by atoms with E-state index < -0.39 is 0 Å². The number of piperazine rings is 1. The van der Waals surface area contributed by atoms with E-state index in [4.69, 9.17) is 4.98 Å². The van der Waals surface area contributed by atoms with Crippen molar-refractivity contribution in [1.82, 2.24) is 20.2 Å². The molecule has 8 heteroatoms. The zero-order valence-electron chi connectivity index (χ0n) is 16.8. The van der Waals surface area contributed by atoms with E-state index in [2.05, 4.69) is 15.2 Å². The van der Waals surface area contributed by atoms with Gasteiger partial charge in [-0.25, -0.2) is 4.98 Å². The van der Waals surface area contributed by atoms with Gasteiger partial charge in [0.15, 0.2) is 5.13 Å². The highest BCUT2D eigenvalue weighted by Gasteiger charge is 2.29. The van der Waals surface area contributed by atoms with E-state index >= 15 is 0 Å². The number of pyridine rings is 1. The van der Waals surface area contributed by atoms with Gasteiger partial charge in [0, 0.05) is 62.3 Å². The van der Waals surface area contributed by atoms with Gasteiger partial charge in [-0.1, -0.05) is 13.0 Å². The van der Waals surface area contributed by atoms with Gasteiger partial charge in [0.2, 0.25) is 11.8 Å². The summed E-state index contributed by atoms with van der Waals surface area (Å²) in [6.45, 7) is 5.60. The van der Waals surface area contributed by atoms with Crippen molar-refractivity contribution in [3.05, 3.63) is 40.7 Å². The summed E-state index contributed by atoms with van der Waals surface area (Å²) in [4.78, 5) is 38.9. The second kappa shape index (κ2) is 8.90. The number of carbonyl (C=O) groups is 2. The van der Waals surface area contributed by atoms with E-state index in [1.54, 1.807) is 23.7 Å². The smallest absolute Gasteiger partial charge is 0.223 e. The number of fused-ring (bicyclic) bond motifs is 1. The lowest BCUT2D eigenvalue weighted by Gasteiger charge is -2.34. The number of thiazole rings is 1. The molecule has 0 aromatic carbocycles. The molecule has 3 heterocycles. The molecule has 1 aliphatic heterocycles. The summed E-state index contributed by atoms with van der Waals surface area (Å²) >= 11 is 1.71. The monoisotopic (exact) mass is 413 g/mol. The number of nitrogens with one attached hydrogen (secondary N) is 1. The number of aryl methyl sites for hydroxylation is 1. The highest BCUT2D eigenvalue weighted by Crippen LogP contribution is 2.34. The van der Waals surface area contributed by atoms with Crippen LogP contribution in [0.2, 0.25) is 0 Å². The summed E-state index contributed by atoms with van der Waals surface area (Å²) in [6.07, 6.45) is 6.54. The first-order chi connectivity index (χ1) is 14.1. The van der Waals surface area contributed by atoms with Crippen molar-refractivity contribution in [2.24, 2.45) is 5.92 Å². The molecule has 1 fully saturated rings. The van der Waals surface area contributed by atoms with Gasteiger partial charge in [-0.05, 0) is 30.9 Å². The zero-order chi connectivity index (χ0) is 20.2. The molecule has 4 rings (SSSR count). The van der Waals surface area contributed by atoms with Gasteiger partial charge in [-0.15, -0.1) is 11.3 Å². The van der Waals surface area contributed by atoms with Gasteiger partial charge in [0.1, 0.15) is 0 Å². The topological polar surface area (TPSA) is 78.4 Å². The first-order valence-corrected chi connectivity index (χ1v) is 11.1. The van der Waals surface area contributed by atoms with Crippen LogP contribution >= 0.6 is 11.3 Å². The van der Waals surface area contributed by atoms with Crippen LogP contribution in [0.1, 0.15) is 35.9 Å². The maximum atomic E-state index is 12.6. The fourth-order valence-electron chi connectivity index (χ4n) is 3.93. The molecule has 1 atom stereocenters. The van der Waals surface area contributed by atoms with Crippen LogP contribution in [-0.2, 0) is 29.0 Å². The molecular formula is C21H27N5O2S. The van der Waals surface area contributed by atoms with Gasteiger partial charge >= 0.3 is 0 Å². The molecular weight excluding hydrogens is 386 g/mol. The molecule has 2 amide bonds. The molecule has 2 aromatic heterocycles. The van der Waals surface area contributed by atoms with Crippen molar-refractivity contribution in [1.29, 1.82) is 0 Å². The number of anilines is 1. The van der Waals surface area contributed by atoms with E-state index in [1.165, 1.54) is 4.88 Å². The highest BCUT2D eigenvalue weighted by atomic mass is 32.1. The van der Waals surface area contributed by atoms with Crippen LogP contribution in [-0.4, -0.2) is 52.9 Å². The van der Waals surface area contributed by atoms with Crippen LogP contribution < -0.4 is 10.2 Å². The van der Waals surface area contributed by atoms with E-state index in [-0.39, 0.29) is 17.7 Å². The minimum absolute atomic E-state index is 0.00601. The predicted octanol–water partition coefficient (Wildman–Crippen LogP) is 2.02. The highest BCUT2D eigenvalue weighted by molar-refractivity contribution is 7.15. The summed E-state index contributed by atoms with van der Waals surface area (Å²) in [5, 5.41) is 4.09. The Bertz CT molecular complexity index is 861. The van der Waals surface area contributed by atoms with Crippen LogP contribution in [0.5, 0.6) is 0 Å². The number of nitrogens with zero attached hydrogens (tertiary/aromatic N) is 4. The van der Waals surface area contributed by atoms with E-state index in [0.29, 0.717) is 13.0 Å². The number of rotatable bonds is 5. The molecule has 7 nitrogen and oxygen atoms in total. The van der Waals surface area contributed by atoms with Crippen molar-refractivity contribution in [3.8, 4) is 0 Å². The third-order valence-corrected chi connectivity index (χ3v) is 6.87. The molecule has 0 radical (unpaired) electrons. The van der Waals surface area contributed by atoms with Crippen LogP contribution in [0.3, 0.4) is 0 Å². The second-order valence-electron chi connectivity index (χ2n) is 7.61. The largest absolute Gasteiger partial charge is 0.352 e. The maximum Gasteiger partial charge on any atom is 0.223 e. The number of hydrogen-bond donors (Lipinski definition) is 1. The molecule has 0 unspecified atom stereocenters. The lowest BCUT2D eigenvalue weighted by Crippen LogP contribution is -2.48. The molecule has 0 spiro atoms. The fraction of sp³-hybridized carbons (Fsp3) is 0.524. The summed E-state index contributed by atoms with van der Waals surface area (Å²) in [5.41, 5.74) is 2.16. The van der Waals surface area contributed by atoms with E-state index in [0.717, 1.165) is 61.8 Å². The Hall–Kier alpha value is -2.48. The molecule has 2 aromatic rings. The number of aromatic nitrogens is 2. The van der Waals surface area contributed by atoms with Crippen molar-refractivity contribution in [2.45, 2.75) is 39.2 Å². The van der Waals surface area contributed by atoms with Crippen molar-refractivity contribution >= 4 is 28.3 Å². The van der Waals surface area contributed by atoms with Crippen LogP contribution in [0, 0.1) is 5.92 Å². The Morgan fingerprint density at radius 3 is 2.83 bits per heavy atom. The molecule has 1 saturated heterocycles. The number of amides is 2. The fourth-order valence-corrected chi connectivity index (χ4v) is 5.17.